The first-order valence-corrected chi connectivity index (χ1v) is 3.76. The summed E-state index contributed by atoms with van der Waals surface area (Å²) in [4.78, 5) is 11.1. The molecule has 66 valence electrons. The summed E-state index contributed by atoms with van der Waals surface area (Å²) in [6.07, 6.45) is 0.113. The molecule has 0 amide bonds. The van der Waals surface area contributed by atoms with Gasteiger partial charge in [-0.1, -0.05) is 18.5 Å². The molecule has 0 bridgehead atoms. The summed E-state index contributed by atoms with van der Waals surface area (Å²) in [5.41, 5.74) is 0.374. The number of esters is 1. The molecular formula is C9H8BFO2. The van der Waals surface area contributed by atoms with Crippen LogP contribution in [-0.4, -0.2) is 20.9 Å². The molecule has 0 heterocycles. The molecule has 1 aromatic rings. The zero-order valence-corrected chi connectivity index (χ0v) is 7.21. The Balaban J connectivity index is 3.22. The van der Waals surface area contributed by atoms with Crippen LogP contribution < -0.4 is 0 Å². The van der Waals surface area contributed by atoms with E-state index in [2.05, 4.69) is 4.74 Å². The minimum absolute atomic E-state index is 0.0764. The molecule has 1 aromatic carbocycles. The van der Waals surface area contributed by atoms with Gasteiger partial charge in [0.05, 0.1) is 20.5 Å². The quantitative estimate of drug-likeness (QED) is 0.503. The molecule has 2 radical (unpaired) electrons. The summed E-state index contributed by atoms with van der Waals surface area (Å²) in [5, 5.41) is 0. The molecule has 0 aliphatic rings. The van der Waals surface area contributed by atoms with E-state index < -0.39 is 11.8 Å². The first-order chi connectivity index (χ1) is 6.20. The van der Waals surface area contributed by atoms with Gasteiger partial charge >= 0.3 is 5.97 Å². The van der Waals surface area contributed by atoms with Crippen LogP contribution in [-0.2, 0) is 11.1 Å². The third-order valence-electron chi connectivity index (χ3n) is 1.71. The van der Waals surface area contributed by atoms with Gasteiger partial charge in [-0.05, 0) is 11.6 Å². The highest BCUT2D eigenvalue weighted by Crippen LogP contribution is 2.14. The van der Waals surface area contributed by atoms with E-state index in [1.165, 1.54) is 19.2 Å². The molecule has 0 aliphatic heterocycles. The highest BCUT2D eigenvalue weighted by atomic mass is 19.1. The molecule has 0 saturated carbocycles. The molecule has 0 saturated heterocycles. The molecule has 1 rings (SSSR count). The number of hydrogen-bond acceptors (Lipinski definition) is 2. The second-order valence-corrected chi connectivity index (χ2v) is 2.47. The second kappa shape index (κ2) is 4.07. The molecule has 0 spiro atoms. The lowest BCUT2D eigenvalue weighted by atomic mass is 9.93. The Morgan fingerprint density at radius 1 is 1.62 bits per heavy atom. The van der Waals surface area contributed by atoms with E-state index in [0.717, 1.165) is 0 Å². The number of carbonyl (C=O) groups excluding carboxylic acids is 1. The molecule has 0 aliphatic carbocycles. The van der Waals surface area contributed by atoms with Gasteiger partial charge in [-0.25, -0.2) is 9.18 Å². The molecule has 0 unspecified atom stereocenters. The van der Waals surface area contributed by atoms with Crippen LogP contribution >= 0.6 is 0 Å². The summed E-state index contributed by atoms with van der Waals surface area (Å²) in [6, 6.07) is 4.30. The number of benzene rings is 1. The Morgan fingerprint density at radius 2 is 2.31 bits per heavy atom. The van der Waals surface area contributed by atoms with Crippen molar-refractivity contribution < 1.29 is 13.9 Å². The summed E-state index contributed by atoms with van der Waals surface area (Å²) >= 11 is 0. The summed E-state index contributed by atoms with van der Waals surface area (Å²) < 4.78 is 17.5. The Morgan fingerprint density at radius 3 is 2.85 bits per heavy atom. The largest absolute Gasteiger partial charge is 0.465 e. The third-order valence-corrected chi connectivity index (χ3v) is 1.71. The van der Waals surface area contributed by atoms with Crippen LogP contribution in [0.3, 0.4) is 0 Å². The molecule has 0 atom stereocenters. The number of ether oxygens (including phenoxy) is 1. The predicted molar refractivity (Wildman–Crippen MR) is 47.2 cm³/mol. The standard InChI is InChI=1S/C9H8BFO2/c1-13-9(12)8-6(5-10)3-2-4-7(8)11/h2-4H,5H2,1H3. The monoisotopic (exact) mass is 178 g/mol. The fraction of sp³-hybridized carbons (Fsp3) is 0.222. The highest BCUT2D eigenvalue weighted by molar-refractivity contribution is 6.09. The molecular weight excluding hydrogens is 170 g/mol. The van der Waals surface area contributed by atoms with E-state index in [4.69, 9.17) is 7.85 Å². The van der Waals surface area contributed by atoms with Crippen molar-refractivity contribution >= 4 is 13.8 Å². The lowest BCUT2D eigenvalue weighted by Crippen LogP contribution is -2.08. The topological polar surface area (TPSA) is 26.3 Å². The van der Waals surface area contributed by atoms with Gasteiger partial charge in [0.1, 0.15) is 5.82 Å². The first-order valence-electron chi connectivity index (χ1n) is 3.76. The Labute approximate surface area is 77.1 Å². The van der Waals surface area contributed by atoms with Gasteiger partial charge in [0, 0.05) is 0 Å². The van der Waals surface area contributed by atoms with Gasteiger partial charge < -0.3 is 4.74 Å². The van der Waals surface area contributed by atoms with Gasteiger partial charge in [-0.3, -0.25) is 0 Å². The summed E-state index contributed by atoms with van der Waals surface area (Å²) in [5.74, 6) is -1.30. The number of methoxy groups -OCH3 is 1. The number of carbonyl (C=O) groups is 1. The summed E-state index contributed by atoms with van der Waals surface area (Å²) in [6.45, 7) is 0. The molecule has 2 nitrogen and oxygen atoms in total. The Hall–Kier alpha value is -1.32. The minimum Gasteiger partial charge on any atom is -0.465 e. The average Bonchev–Trinajstić information content (AvgIpc) is 2.16. The van der Waals surface area contributed by atoms with Crippen molar-refractivity contribution in [1.82, 2.24) is 0 Å². The number of hydrogen-bond donors (Lipinski definition) is 0. The smallest absolute Gasteiger partial charge is 0.341 e. The van der Waals surface area contributed by atoms with Gasteiger partial charge in [-0.15, -0.1) is 0 Å². The van der Waals surface area contributed by atoms with Crippen LogP contribution in [0.5, 0.6) is 0 Å². The molecule has 13 heavy (non-hydrogen) atoms. The van der Waals surface area contributed by atoms with Crippen LogP contribution in [0.15, 0.2) is 18.2 Å². The number of rotatable bonds is 2. The number of halogens is 1. The van der Waals surface area contributed by atoms with E-state index in [1.54, 1.807) is 6.07 Å². The van der Waals surface area contributed by atoms with Crippen molar-refractivity contribution in [1.29, 1.82) is 0 Å². The van der Waals surface area contributed by atoms with Crippen molar-refractivity contribution in [3.8, 4) is 0 Å². The van der Waals surface area contributed by atoms with E-state index in [9.17, 15) is 9.18 Å². The second-order valence-electron chi connectivity index (χ2n) is 2.47. The first kappa shape index (κ1) is 9.77. The minimum atomic E-state index is -0.696. The van der Waals surface area contributed by atoms with E-state index in [-0.39, 0.29) is 11.9 Å². The van der Waals surface area contributed by atoms with Crippen molar-refractivity contribution in [3.63, 3.8) is 0 Å². The van der Waals surface area contributed by atoms with E-state index in [0.29, 0.717) is 5.56 Å². The maximum Gasteiger partial charge on any atom is 0.341 e. The van der Waals surface area contributed by atoms with Crippen LogP contribution in [0.4, 0.5) is 4.39 Å². The average molecular weight is 178 g/mol. The normalized spacial score (nSPS) is 9.69. The van der Waals surface area contributed by atoms with Gasteiger partial charge in [0.2, 0.25) is 0 Å². The van der Waals surface area contributed by atoms with E-state index in [1.807, 2.05) is 0 Å². The third kappa shape index (κ3) is 1.88. The van der Waals surface area contributed by atoms with Crippen LogP contribution in [0, 0.1) is 5.82 Å². The van der Waals surface area contributed by atoms with Gasteiger partial charge in [0.15, 0.2) is 0 Å². The highest BCUT2D eigenvalue weighted by Gasteiger charge is 2.15. The fourth-order valence-corrected chi connectivity index (χ4v) is 1.07. The van der Waals surface area contributed by atoms with Crippen LogP contribution in [0.1, 0.15) is 15.9 Å². The molecule has 4 heteroatoms. The van der Waals surface area contributed by atoms with Crippen molar-refractivity contribution in [3.05, 3.63) is 35.1 Å². The van der Waals surface area contributed by atoms with Crippen molar-refractivity contribution in [2.75, 3.05) is 7.11 Å². The zero-order chi connectivity index (χ0) is 9.84. The summed E-state index contributed by atoms with van der Waals surface area (Å²) in [7, 11) is 6.54. The van der Waals surface area contributed by atoms with Crippen LogP contribution in [0.2, 0.25) is 0 Å². The van der Waals surface area contributed by atoms with Crippen LogP contribution in [0.25, 0.3) is 0 Å². The molecule has 0 N–H and O–H groups in total. The Kier molecular flexibility index (Phi) is 3.06. The van der Waals surface area contributed by atoms with Gasteiger partial charge in [-0.2, -0.15) is 0 Å². The Bertz CT molecular complexity index is 325. The van der Waals surface area contributed by atoms with E-state index >= 15 is 0 Å². The predicted octanol–water partition coefficient (Wildman–Crippen LogP) is 1.28. The van der Waals surface area contributed by atoms with Crippen molar-refractivity contribution in [2.45, 2.75) is 6.32 Å². The lowest BCUT2D eigenvalue weighted by molar-refractivity contribution is 0.0594. The maximum absolute atomic E-state index is 13.1. The fourth-order valence-electron chi connectivity index (χ4n) is 1.07. The molecule has 0 fully saturated rings. The maximum atomic E-state index is 13.1. The van der Waals surface area contributed by atoms with Crippen molar-refractivity contribution in [2.24, 2.45) is 0 Å². The molecule has 0 aromatic heterocycles. The zero-order valence-electron chi connectivity index (χ0n) is 7.21. The van der Waals surface area contributed by atoms with Gasteiger partial charge in [0.25, 0.3) is 0 Å². The lowest BCUT2D eigenvalue weighted by Gasteiger charge is -2.06. The SMILES string of the molecule is [B]Cc1cccc(F)c1C(=O)OC.